The van der Waals surface area contributed by atoms with Gasteiger partial charge in [-0.15, -0.1) is 12.4 Å². The minimum absolute atomic E-state index is 0. The van der Waals surface area contributed by atoms with Crippen molar-refractivity contribution in [2.45, 2.75) is 32.6 Å². The van der Waals surface area contributed by atoms with E-state index in [9.17, 15) is 8.78 Å². The lowest BCUT2D eigenvalue weighted by atomic mass is 9.97. The monoisotopic (exact) mass is 256 g/mol. The third kappa shape index (κ3) is 6.61. The zero-order chi connectivity index (χ0) is 11.1. The summed E-state index contributed by atoms with van der Waals surface area (Å²) in [6.45, 7) is 5.71. The van der Waals surface area contributed by atoms with Gasteiger partial charge in [0.1, 0.15) is 0 Å². The summed E-state index contributed by atoms with van der Waals surface area (Å²) in [7, 11) is 0. The first kappa shape index (κ1) is 16.1. The Kier molecular flexibility index (Phi) is 9.18. The third-order valence-electron chi connectivity index (χ3n) is 2.91. The topological polar surface area (TPSA) is 15.3 Å². The van der Waals surface area contributed by atoms with Crippen LogP contribution in [0.4, 0.5) is 8.78 Å². The highest BCUT2D eigenvalue weighted by atomic mass is 35.5. The van der Waals surface area contributed by atoms with Gasteiger partial charge >= 0.3 is 0 Å². The van der Waals surface area contributed by atoms with Crippen LogP contribution in [0.5, 0.6) is 0 Å². The van der Waals surface area contributed by atoms with E-state index >= 15 is 0 Å². The van der Waals surface area contributed by atoms with Crippen molar-refractivity contribution in [3.8, 4) is 0 Å². The Morgan fingerprint density at radius 1 is 1.31 bits per heavy atom. The normalized spacial score (nSPS) is 17.8. The number of piperidine rings is 1. The van der Waals surface area contributed by atoms with Crippen molar-refractivity contribution >= 4 is 12.4 Å². The second kappa shape index (κ2) is 9.14. The standard InChI is InChI=1S/C11H22F2N2.ClH/c1-2-7-15(9-11(12)13)8-10-3-5-14-6-4-10;/h10-11,14H,2-9H2,1H3;1H. The summed E-state index contributed by atoms with van der Waals surface area (Å²) in [6, 6.07) is 0. The molecule has 0 aliphatic carbocycles. The summed E-state index contributed by atoms with van der Waals surface area (Å²) in [5, 5.41) is 3.29. The SMILES string of the molecule is CCCN(CC(F)F)CC1CCNCC1.Cl. The van der Waals surface area contributed by atoms with E-state index in [-0.39, 0.29) is 19.0 Å². The zero-order valence-corrected chi connectivity index (χ0v) is 10.7. The molecule has 0 atom stereocenters. The van der Waals surface area contributed by atoms with Gasteiger partial charge in [0, 0.05) is 6.54 Å². The molecule has 16 heavy (non-hydrogen) atoms. The van der Waals surface area contributed by atoms with E-state index in [1.807, 2.05) is 11.8 Å². The number of halogens is 3. The number of alkyl halides is 2. The molecule has 0 aromatic rings. The molecule has 0 spiro atoms. The van der Waals surface area contributed by atoms with Crippen LogP contribution in [-0.4, -0.2) is 44.0 Å². The highest BCUT2D eigenvalue weighted by Gasteiger charge is 2.18. The lowest BCUT2D eigenvalue weighted by Crippen LogP contribution is -2.38. The molecule has 1 saturated heterocycles. The minimum Gasteiger partial charge on any atom is -0.317 e. The maximum atomic E-state index is 12.3. The van der Waals surface area contributed by atoms with E-state index in [4.69, 9.17) is 0 Å². The first-order valence-corrected chi connectivity index (χ1v) is 5.93. The predicted octanol–water partition coefficient (Wildman–Crippen LogP) is 2.38. The molecule has 0 radical (unpaired) electrons. The molecule has 0 aromatic carbocycles. The molecule has 5 heteroatoms. The number of rotatable bonds is 6. The average molecular weight is 257 g/mol. The summed E-state index contributed by atoms with van der Waals surface area (Å²) in [4.78, 5) is 1.92. The fourth-order valence-corrected chi connectivity index (χ4v) is 2.20. The summed E-state index contributed by atoms with van der Waals surface area (Å²) in [6.07, 6.45) is 1.02. The average Bonchev–Trinajstić information content (AvgIpc) is 2.18. The predicted molar refractivity (Wildman–Crippen MR) is 65.6 cm³/mol. The molecular weight excluding hydrogens is 234 g/mol. The Morgan fingerprint density at radius 3 is 2.44 bits per heavy atom. The van der Waals surface area contributed by atoms with Crippen LogP contribution in [0.1, 0.15) is 26.2 Å². The summed E-state index contributed by atoms with van der Waals surface area (Å²) in [5.74, 6) is 0.608. The van der Waals surface area contributed by atoms with Crippen LogP contribution in [0.3, 0.4) is 0 Å². The van der Waals surface area contributed by atoms with Gasteiger partial charge < -0.3 is 5.32 Å². The second-order valence-corrected chi connectivity index (χ2v) is 4.34. The highest BCUT2D eigenvalue weighted by Crippen LogP contribution is 2.14. The van der Waals surface area contributed by atoms with Gasteiger partial charge in [-0.1, -0.05) is 6.92 Å². The van der Waals surface area contributed by atoms with Crippen molar-refractivity contribution in [3.05, 3.63) is 0 Å². The van der Waals surface area contributed by atoms with Crippen LogP contribution < -0.4 is 5.32 Å². The number of hydrogen-bond donors (Lipinski definition) is 1. The van der Waals surface area contributed by atoms with Gasteiger partial charge in [-0.2, -0.15) is 0 Å². The molecule has 1 aliphatic rings. The molecule has 0 aromatic heterocycles. The molecule has 1 heterocycles. The first-order valence-electron chi connectivity index (χ1n) is 5.93. The van der Waals surface area contributed by atoms with Gasteiger partial charge in [-0.3, -0.25) is 4.90 Å². The Morgan fingerprint density at radius 2 is 1.94 bits per heavy atom. The summed E-state index contributed by atoms with van der Waals surface area (Å²) in [5.41, 5.74) is 0. The molecule has 0 bridgehead atoms. The third-order valence-corrected chi connectivity index (χ3v) is 2.91. The lowest BCUT2D eigenvalue weighted by Gasteiger charge is -2.29. The smallest absolute Gasteiger partial charge is 0.251 e. The van der Waals surface area contributed by atoms with E-state index in [2.05, 4.69) is 5.32 Å². The van der Waals surface area contributed by atoms with Crippen LogP contribution >= 0.6 is 12.4 Å². The van der Waals surface area contributed by atoms with Crippen LogP contribution in [0, 0.1) is 5.92 Å². The molecule has 2 nitrogen and oxygen atoms in total. The first-order chi connectivity index (χ1) is 7.22. The number of nitrogens with zero attached hydrogens (tertiary/aromatic N) is 1. The zero-order valence-electron chi connectivity index (χ0n) is 9.92. The van der Waals surface area contributed by atoms with Gasteiger partial charge in [-0.25, -0.2) is 8.78 Å². The van der Waals surface area contributed by atoms with Crippen LogP contribution in [0.25, 0.3) is 0 Å². The molecule has 1 N–H and O–H groups in total. The summed E-state index contributed by atoms with van der Waals surface area (Å²) >= 11 is 0. The maximum absolute atomic E-state index is 12.3. The van der Waals surface area contributed by atoms with Gasteiger partial charge in [0.15, 0.2) is 0 Å². The van der Waals surface area contributed by atoms with Gasteiger partial charge in [0.25, 0.3) is 6.43 Å². The quantitative estimate of drug-likeness (QED) is 0.785. The highest BCUT2D eigenvalue weighted by molar-refractivity contribution is 5.85. The minimum atomic E-state index is -2.20. The Balaban J connectivity index is 0.00000225. The largest absolute Gasteiger partial charge is 0.317 e. The molecule has 0 unspecified atom stereocenters. The second-order valence-electron chi connectivity index (χ2n) is 4.34. The Hall–Kier alpha value is 0.0700. The number of hydrogen-bond acceptors (Lipinski definition) is 2. The van der Waals surface area contributed by atoms with Crippen molar-refractivity contribution in [2.24, 2.45) is 5.92 Å². The molecule has 0 saturated carbocycles. The van der Waals surface area contributed by atoms with Crippen LogP contribution in [-0.2, 0) is 0 Å². The van der Waals surface area contributed by atoms with Crippen molar-refractivity contribution in [3.63, 3.8) is 0 Å². The molecule has 1 aliphatic heterocycles. The molecule has 1 rings (SSSR count). The van der Waals surface area contributed by atoms with Crippen molar-refractivity contribution in [1.82, 2.24) is 10.2 Å². The van der Waals surface area contributed by atoms with E-state index < -0.39 is 6.43 Å². The number of nitrogens with one attached hydrogen (secondary N) is 1. The Bertz CT molecular complexity index is 164. The van der Waals surface area contributed by atoms with Gasteiger partial charge in [0.05, 0.1) is 6.54 Å². The van der Waals surface area contributed by atoms with E-state index in [0.717, 1.165) is 45.4 Å². The summed E-state index contributed by atoms with van der Waals surface area (Å²) < 4.78 is 24.6. The van der Waals surface area contributed by atoms with Crippen molar-refractivity contribution < 1.29 is 8.78 Å². The van der Waals surface area contributed by atoms with Crippen LogP contribution in [0.15, 0.2) is 0 Å². The van der Waals surface area contributed by atoms with E-state index in [1.165, 1.54) is 0 Å². The van der Waals surface area contributed by atoms with E-state index in [0.29, 0.717) is 5.92 Å². The van der Waals surface area contributed by atoms with Crippen LogP contribution in [0.2, 0.25) is 0 Å². The van der Waals surface area contributed by atoms with Gasteiger partial charge in [0.2, 0.25) is 0 Å². The van der Waals surface area contributed by atoms with Crippen molar-refractivity contribution in [1.29, 1.82) is 0 Å². The fraction of sp³-hybridized carbons (Fsp3) is 1.00. The molecule has 1 fully saturated rings. The van der Waals surface area contributed by atoms with E-state index in [1.54, 1.807) is 0 Å². The van der Waals surface area contributed by atoms with Crippen molar-refractivity contribution in [2.75, 3.05) is 32.7 Å². The molecular formula is C11H23ClF2N2. The fourth-order valence-electron chi connectivity index (χ4n) is 2.20. The van der Waals surface area contributed by atoms with Gasteiger partial charge in [-0.05, 0) is 44.8 Å². The molecule has 98 valence electrons. The maximum Gasteiger partial charge on any atom is 0.251 e. The lowest BCUT2D eigenvalue weighted by molar-refractivity contribution is 0.0766. The molecule has 0 amide bonds. The Labute approximate surface area is 103 Å².